The maximum Gasteiger partial charge on any atom is 0.146 e. The van der Waals surface area contributed by atoms with E-state index in [4.69, 9.17) is 4.43 Å². The van der Waals surface area contributed by atoms with Crippen LogP contribution in [0.15, 0.2) is 12.1 Å². The molecule has 0 amide bonds. The summed E-state index contributed by atoms with van der Waals surface area (Å²) in [5, 5.41) is 0. The standard InChI is InChI=1S/C35H66OSi/c1-5-8-11-14-17-20-23-26-32-29-30-33(31(4)36-37)35(28-25-22-19-16-13-10-7-3)34(32)27-24-21-18-15-12-9-6-2/h29-31H,5-28H2,1-4,37H3. The van der Waals surface area contributed by atoms with Crippen molar-refractivity contribution < 1.29 is 4.43 Å². The van der Waals surface area contributed by atoms with E-state index in [1.165, 1.54) is 160 Å². The van der Waals surface area contributed by atoms with Crippen LogP contribution in [0.1, 0.15) is 191 Å². The molecule has 2 heteroatoms. The van der Waals surface area contributed by atoms with Crippen molar-refractivity contribution in [1.29, 1.82) is 0 Å². The molecule has 1 aromatic rings. The van der Waals surface area contributed by atoms with Crippen molar-refractivity contribution in [2.75, 3.05) is 0 Å². The minimum atomic E-state index is 0.256. The quantitative estimate of drug-likeness (QED) is 0.0854. The maximum atomic E-state index is 6.01. The molecule has 1 unspecified atom stereocenters. The Labute approximate surface area is 236 Å². The maximum absolute atomic E-state index is 6.01. The number of hydrogen-bond acceptors (Lipinski definition) is 1. The number of hydrogen-bond donors (Lipinski definition) is 0. The lowest BCUT2D eigenvalue weighted by atomic mass is 9.85. The molecular formula is C35H66OSi. The smallest absolute Gasteiger partial charge is 0.146 e. The van der Waals surface area contributed by atoms with Gasteiger partial charge in [0.15, 0.2) is 0 Å². The average Bonchev–Trinajstić information content (AvgIpc) is 2.91. The molecule has 0 aliphatic carbocycles. The van der Waals surface area contributed by atoms with Crippen LogP contribution in [-0.4, -0.2) is 10.5 Å². The number of rotatable bonds is 26. The summed E-state index contributed by atoms with van der Waals surface area (Å²) in [7, 11) is 0.815. The summed E-state index contributed by atoms with van der Waals surface area (Å²) < 4.78 is 6.01. The van der Waals surface area contributed by atoms with E-state index in [0.29, 0.717) is 0 Å². The number of aryl methyl sites for hydroxylation is 1. The van der Waals surface area contributed by atoms with Crippen molar-refractivity contribution in [2.24, 2.45) is 0 Å². The summed E-state index contributed by atoms with van der Waals surface area (Å²) in [4.78, 5) is 0. The molecule has 0 saturated heterocycles. The van der Waals surface area contributed by atoms with Gasteiger partial charge in [-0.15, -0.1) is 0 Å². The summed E-state index contributed by atoms with van der Waals surface area (Å²) in [5.74, 6) is 0. The third kappa shape index (κ3) is 16.2. The van der Waals surface area contributed by atoms with E-state index in [1.807, 2.05) is 0 Å². The third-order valence-corrected chi connectivity index (χ3v) is 9.17. The fourth-order valence-corrected chi connectivity index (χ4v) is 6.15. The van der Waals surface area contributed by atoms with E-state index in [0.717, 1.165) is 10.5 Å². The van der Waals surface area contributed by atoms with Gasteiger partial charge in [0.25, 0.3) is 0 Å². The van der Waals surface area contributed by atoms with Crippen molar-refractivity contribution in [3.63, 3.8) is 0 Å². The monoisotopic (exact) mass is 530 g/mol. The molecule has 0 heterocycles. The molecule has 0 fully saturated rings. The number of unbranched alkanes of at least 4 members (excludes halogenated alkanes) is 18. The molecule has 1 nitrogen and oxygen atoms in total. The van der Waals surface area contributed by atoms with Gasteiger partial charge in [-0.05, 0) is 67.7 Å². The van der Waals surface area contributed by atoms with Gasteiger partial charge in [0.05, 0.1) is 6.10 Å². The largest absolute Gasteiger partial charge is 0.421 e. The van der Waals surface area contributed by atoms with Crippen molar-refractivity contribution in [1.82, 2.24) is 0 Å². The van der Waals surface area contributed by atoms with E-state index in [9.17, 15) is 0 Å². The molecule has 0 aliphatic rings. The molecule has 0 aliphatic heterocycles. The molecule has 0 spiro atoms. The molecule has 0 bridgehead atoms. The zero-order chi connectivity index (χ0) is 27.0. The van der Waals surface area contributed by atoms with Crippen LogP contribution in [0.5, 0.6) is 0 Å². The highest BCUT2D eigenvalue weighted by atomic mass is 28.2. The first kappa shape index (κ1) is 34.4. The summed E-state index contributed by atoms with van der Waals surface area (Å²) in [5.41, 5.74) is 6.58. The highest BCUT2D eigenvalue weighted by molar-refractivity contribution is 5.98. The van der Waals surface area contributed by atoms with E-state index in [1.54, 1.807) is 16.7 Å². The second kappa shape index (κ2) is 24.4. The first-order chi connectivity index (χ1) is 18.2. The minimum Gasteiger partial charge on any atom is -0.421 e. The van der Waals surface area contributed by atoms with Gasteiger partial charge in [-0.25, -0.2) is 0 Å². The second-order valence-electron chi connectivity index (χ2n) is 11.8. The molecular weight excluding hydrogens is 464 g/mol. The molecule has 37 heavy (non-hydrogen) atoms. The third-order valence-electron chi connectivity index (χ3n) is 8.47. The van der Waals surface area contributed by atoms with Gasteiger partial charge in [-0.3, -0.25) is 0 Å². The highest BCUT2D eigenvalue weighted by Gasteiger charge is 2.17. The fraction of sp³-hybridized carbons (Fsp3) is 0.829. The normalized spacial score (nSPS) is 12.4. The van der Waals surface area contributed by atoms with Crippen LogP contribution in [0.3, 0.4) is 0 Å². The Morgan fingerprint density at radius 3 is 1.32 bits per heavy atom. The first-order valence-corrected chi connectivity index (χ1v) is 17.7. The van der Waals surface area contributed by atoms with Crippen molar-refractivity contribution >= 4 is 10.5 Å². The second-order valence-corrected chi connectivity index (χ2v) is 12.2. The zero-order valence-corrected chi connectivity index (χ0v) is 28.1. The van der Waals surface area contributed by atoms with Gasteiger partial charge in [0.2, 0.25) is 0 Å². The zero-order valence-electron chi connectivity index (χ0n) is 26.1. The van der Waals surface area contributed by atoms with Crippen LogP contribution < -0.4 is 0 Å². The number of benzene rings is 1. The van der Waals surface area contributed by atoms with Gasteiger partial charge in [-0.1, -0.05) is 148 Å². The lowest BCUT2D eigenvalue weighted by Gasteiger charge is -2.23. The van der Waals surface area contributed by atoms with Crippen LogP contribution in [-0.2, 0) is 23.7 Å². The fourth-order valence-electron chi connectivity index (χ4n) is 5.90. The van der Waals surface area contributed by atoms with E-state index < -0.39 is 0 Å². The van der Waals surface area contributed by atoms with Crippen molar-refractivity contribution in [3.8, 4) is 0 Å². The molecule has 0 N–H and O–H groups in total. The van der Waals surface area contributed by atoms with E-state index in [2.05, 4.69) is 39.8 Å². The molecule has 0 radical (unpaired) electrons. The Balaban J connectivity index is 2.86. The average molecular weight is 531 g/mol. The minimum absolute atomic E-state index is 0.256. The molecule has 0 saturated carbocycles. The lowest BCUT2D eigenvalue weighted by Crippen LogP contribution is -2.09. The van der Waals surface area contributed by atoms with Gasteiger partial charge < -0.3 is 4.43 Å². The molecule has 1 aromatic carbocycles. The Kier molecular flexibility index (Phi) is 22.7. The molecule has 0 aromatic heterocycles. The topological polar surface area (TPSA) is 9.23 Å². The van der Waals surface area contributed by atoms with Crippen LogP contribution in [0, 0.1) is 0 Å². The Morgan fingerprint density at radius 1 is 0.514 bits per heavy atom. The van der Waals surface area contributed by atoms with Crippen LogP contribution in [0.2, 0.25) is 0 Å². The first-order valence-electron chi connectivity index (χ1n) is 16.9. The summed E-state index contributed by atoms with van der Waals surface area (Å²) in [6, 6.07) is 4.94. The Hall–Kier alpha value is -0.603. The van der Waals surface area contributed by atoms with Gasteiger partial charge in [-0.2, -0.15) is 0 Å². The summed E-state index contributed by atoms with van der Waals surface area (Å²) in [6.07, 6.45) is 33.4. The Bertz CT molecular complexity index is 640. The van der Waals surface area contributed by atoms with E-state index >= 15 is 0 Å². The van der Waals surface area contributed by atoms with Gasteiger partial charge in [0, 0.05) is 0 Å². The summed E-state index contributed by atoms with van der Waals surface area (Å²) >= 11 is 0. The van der Waals surface area contributed by atoms with Crippen LogP contribution in [0.4, 0.5) is 0 Å². The van der Waals surface area contributed by atoms with E-state index in [-0.39, 0.29) is 6.10 Å². The van der Waals surface area contributed by atoms with Crippen LogP contribution >= 0.6 is 0 Å². The predicted molar refractivity (Wildman–Crippen MR) is 171 cm³/mol. The van der Waals surface area contributed by atoms with Gasteiger partial charge >= 0.3 is 0 Å². The van der Waals surface area contributed by atoms with Crippen molar-refractivity contribution in [3.05, 3.63) is 34.4 Å². The van der Waals surface area contributed by atoms with Gasteiger partial charge in [0.1, 0.15) is 10.5 Å². The van der Waals surface area contributed by atoms with Crippen LogP contribution in [0.25, 0.3) is 0 Å². The highest BCUT2D eigenvalue weighted by Crippen LogP contribution is 2.31. The SMILES string of the molecule is CCCCCCCCCc1ccc(C(C)O[SiH3])c(CCCCCCCCC)c1CCCCCCCCC. The molecule has 1 atom stereocenters. The van der Waals surface area contributed by atoms with Crippen molar-refractivity contribution in [2.45, 2.75) is 188 Å². The summed E-state index contributed by atoms with van der Waals surface area (Å²) in [6.45, 7) is 9.22. The Morgan fingerprint density at radius 2 is 0.892 bits per heavy atom. The molecule has 1 rings (SSSR count). The molecule has 216 valence electrons. The lowest BCUT2D eigenvalue weighted by molar-refractivity contribution is 0.249. The predicted octanol–water partition coefficient (Wildman–Crippen LogP) is 10.9.